The van der Waals surface area contributed by atoms with Crippen LogP contribution in [0.5, 0.6) is 0 Å². The van der Waals surface area contributed by atoms with Crippen LogP contribution in [-0.4, -0.2) is 41.4 Å². The number of carbonyl (C=O) groups is 1. The highest BCUT2D eigenvalue weighted by Gasteiger charge is 2.30. The highest BCUT2D eigenvalue weighted by atomic mass is 32.2. The largest absolute Gasteiger partial charge is 0.324 e. The topological polar surface area (TPSA) is 56.4 Å². The molecular weight excluding hydrogens is 368 g/mol. The van der Waals surface area contributed by atoms with Crippen molar-refractivity contribution < 1.29 is 4.79 Å². The van der Waals surface area contributed by atoms with Crippen molar-refractivity contribution in [3.05, 3.63) is 65.2 Å². The average molecular weight is 397 g/mol. The van der Waals surface area contributed by atoms with E-state index in [-0.39, 0.29) is 18.0 Å². The maximum absolute atomic E-state index is 12.7. The first kappa shape index (κ1) is 19.5. The number of amides is 1. The van der Waals surface area contributed by atoms with Gasteiger partial charge in [0.2, 0.25) is 5.91 Å². The standard InChI is InChI=1S/C22H28N4OS/c1-16-13-17(15-26-9-11-28-12-10-26)7-8-19(16)23-22(27)21-14-20(24-25-21)18-5-3-2-4-6-18/h2-8,13,20-21,24-25H,9-12,14-15H2,1H3,(H,23,27). The molecule has 2 saturated heterocycles. The fraction of sp³-hybridized carbons (Fsp3) is 0.409. The van der Waals surface area contributed by atoms with Crippen LogP contribution in [-0.2, 0) is 11.3 Å². The number of anilines is 1. The van der Waals surface area contributed by atoms with Gasteiger partial charge in [0.05, 0.1) is 0 Å². The molecule has 148 valence electrons. The summed E-state index contributed by atoms with van der Waals surface area (Å²) in [6, 6.07) is 16.5. The molecule has 1 amide bonds. The molecule has 0 aromatic heterocycles. The van der Waals surface area contributed by atoms with Crippen LogP contribution in [0.25, 0.3) is 0 Å². The number of rotatable bonds is 5. The summed E-state index contributed by atoms with van der Waals surface area (Å²) < 4.78 is 0. The Hall–Kier alpha value is -1.86. The van der Waals surface area contributed by atoms with Gasteiger partial charge in [0.15, 0.2) is 0 Å². The molecule has 0 radical (unpaired) electrons. The van der Waals surface area contributed by atoms with Crippen LogP contribution in [0.15, 0.2) is 48.5 Å². The van der Waals surface area contributed by atoms with Crippen LogP contribution in [0.3, 0.4) is 0 Å². The van der Waals surface area contributed by atoms with Crippen LogP contribution in [0, 0.1) is 6.92 Å². The van der Waals surface area contributed by atoms with Crippen molar-refractivity contribution in [2.24, 2.45) is 0 Å². The quantitative estimate of drug-likeness (QED) is 0.725. The monoisotopic (exact) mass is 396 g/mol. The first-order valence-electron chi connectivity index (χ1n) is 9.95. The molecule has 0 spiro atoms. The summed E-state index contributed by atoms with van der Waals surface area (Å²) in [6.07, 6.45) is 0.736. The second-order valence-electron chi connectivity index (χ2n) is 7.57. The zero-order valence-electron chi connectivity index (χ0n) is 16.3. The number of nitrogens with one attached hydrogen (secondary N) is 3. The summed E-state index contributed by atoms with van der Waals surface area (Å²) >= 11 is 2.03. The van der Waals surface area contributed by atoms with Crippen molar-refractivity contribution in [2.45, 2.75) is 32.0 Å². The summed E-state index contributed by atoms with van der Waals surface area (Å²) in [6.45, 7) is 5.37. The van der Waals surface area contributed by atoms with Gasteiger partial charge in [0.25, 0.3) is 0 Å². The molecule has 2 aromatic carbocycles. The van der Waals surface area contributed by atoms with Crippen molar-refractivity contribution >= 4 is 23.4 Å². The summed E-state index contributed by atoms with van der Waals surface area (Å²) in [4.78, 5) is 15.2. The Labute approximate surface area is 171 Å². The van der Waals surface area contributed by atoms with Gasteiger partial charge >= 0.3 is 0 Å². The van der Waals surface area contributed by atoms with Gasteiger partial charge in [0.1, 0.15) is 6.04 Å². The summed E-state index contributed by atoms with van der Waals surface area (Å²) in [7, 11) is 0. The first-order valence-corrected chi connectivity index (χ1v) is 11.1. The normalized spacial score (nSPS) is 22.9. The number of aryl methyl sites for hydroxylation is 1. The molecule has 2 aromatic rings. The van der Waals surface area contributed by atoms with Crippen molar-refractivity contribution in [3.63, 3.8) is 0 Å². The Morgan fingerprint density at radius 1 is 1.14 bits per heavy atom. The highest BCUT2D eigenvalue weighted by Crippen LogP contribution is 2.24. The lowest BCUT2D eigenvalue weighted by molar-refractivity contribution is -0.117. The lowest BCUT2D eigenvalue weighted by Gasteiger charge is -2.26. The number of hydrogen-bond acceptors (Lipinski definition) is 5. The van der Waals surface area contributed by atoms with Crippen molar-refractivity contribution in [3.8, 4) is 0 Å². The third kappa shape index (κ3) is 4.75. The van der Waals surface area contributed by atoms with E-state index in [4.69, 9.17) is 0 Å². The number of hydrogen-bond donors (Lipinski definition) is 3. The number of thioether (sulfide) groups is 1. The molecule has 0 bridgehead atoms. The molecule has 2 aliphatic rings. The Morgan fingerprint density at radius 2 is 1.93 bits per heavy atom. The third-order valence-corrected chi connectivity index (χ3v) is 6.42. The second-order valence-corrected chi connectivity index (χ2v) is 8.79. The summed E-state index contributed by atoms with van der Waals surface area (Å²) in [5.74, 6) is 2.45. The minimum Gasteiger partial charge on any atom is -0.324 e. The predicted molar refractivity (Wildman–Crippen MR) is 116 cm³/mol. The van der Waals surface area contributed by atoms with Gasteiger partial charge < -0.3 is 5.32 Å². The molecular formula is C22H28N4OS. The molecule has 2 aliphatic heterocycles. The smallest absolute Gasteiger partial charge is 0.242 e. The number of nitrogens with zero attached hydrogens (tertiary/aromatic N) is 1. The maximum Gasteiger partial charge on any atom is 0.242 e. The van der Waals surface area contributed by atoms with Gasteiger partial charge in [-0.3, -0.25) is 9.69 Å². The number of hydrazine groups is 1. The van der Waals surface area contributed by atoms with Crippen LogP contribution >= 0.6 is 11.8 Å². The zero-order chi connectivity index (χ0) is 19.3. The molecule has 2 fully saturated rings. The van der Waals surface area contributed by atoms with E-state index >= 15 is 0 Å². The Kier molecular flexibility index (Phi) is 6.32. The van der Waals surface area contributed by atoms with Gasteiger partial charge in [-0.25, -0.2) is 10.9 Å². The van der Waals surface area contributed by atoms with Crippen LogP contribution in [0.4, 0.5) is 5.69 Å². The van der Waals surface area contributed by atoms with Gasteiger partial charge in [-0.05, 0) is 36.1 Å². The molecule has 6 heteroatoms. The van der Waals surface area contributed by atoms with E-state index in [2.05, 4.69) is 52.3 Å². The van der Waals surface area contributed by atoms with Crippen LogP contribution < -0.4 is 16.2 Å². The highest BCUT2D eigenvalue weighted by molar-refractivity contribution is 7.99. The number of benzene rings is 2. The molecule has 2 unspecified atom stereocenters. The van der Waals surface area contributed by atoms with Crippen LogP contribution in [0.1, 0.15) is 29.2 Å². The lowest BCUT2D eigenvalue weighted by Crippen LogP contribution is -2.39. The van der Waals surface area contributed by atoms with E-state index in [1.807, 2.05) is 36.0 Å². The number of carbonyl (C=O) groups excluding carboxylic acids is 1. The van der Waals surface area contributed by atoms with Crippen molar-refractivity contribution in [1.82, 2.24) is 15.8 Å². The predicted octanol–water partition coefficient (Wildman–Crippen LogP) is 3.09. The molecule has 5 nitrogen and oxygen atoms in total. The fourth-order valence-electron chi connectivity index (χ4n) is 3.83. The van der Waals surface area contributed by atoms with Crippen LogP contribution in [0.2, 0.25) is 0 Å². The third-order valence-electron chi connectivity index (χ3n) is 5.48. The van der Waals surface area contributed by atoms with Gasteiger partial charge in [-0.2, -0.15) is 11.8 Å². The maximum atomic E-state index is 12.7. The molecule has 28 heavy (non-hydrogen) atoms. The zero-order valence-corrected chi connectivity index (χ0v) is 17.1. The molecule has 0 aliphatic carbocycles. The van der Waals surface area contributed by atoms with Gasteiger partial charge in [-0.15, -0.1) is 0 Å². The molecule has 2 heterocycles. The van der Waals surface area contributed by atoms with E-state index < -0.39 is 0 Å². The Bertz CT molecular complexity index is 807. The van der Waals surface area contributed by atoms with E-state index in [0.717, 1.165) is 37.3 Å². The first-order chi connectivity index (χ1) is 13.7. The van der Waals surface area contributed by atoms with Crippen molar-refractivity contribution in [2.75, 3.05) is 29.9 Å². The van der Waals surface area contributed by atoms with E-state index in [9.17, 15) is 4.79 Å². The Balaban J connectivity index is 1.34. The summed E-state index contributed by atoms with van der Waals surface area (Å²) in [5.41, 5.74) is 10.9. The SMILES string of the molecule is Cc1cc(CN2CCSCC2)ccc1NC(=O)C1CC(c2ccccc2)NN1. The summed E-state index contributed by atoms with van der Waals surface area (Å²) in [5, 5.41) is 3.10. The van der Waals surface area contributed by atoms with Gasteiger partial charge in [-0.1, -0.05) is 42.5 Å². The lowest BCUT2D eigenvalue weighted by atomic mass is 10.0. The minimum absolute atomic E-state index is 0.00911. The average Bonchev–Trinajstić information content (AvgIpc) is 3.22. The molecule has 4 rings (SSSR count). The minimum atomic E-state index is -0.241. The molecule has 3 N–H and O–H groups in total. The van der Waals surface area contributed by atoms with E-state index in [1.54, 1.807) is 0 Å². The molecule has 2 atom stereocenters. The second kappa shape index (κ2) is 9.09. The van der Waals surface area contributed by atoms with Crippen molar-refractivity contribution in [1.29, 1.82) is 0 Å². The Morgan fingerprint density at radius 3 is 2.68 bits per heavy atom. The van der Waals surface area contributed by atoms with Gasteiger partial charge in [0, 0.05) is 42.9 Å². The molecule has 0 saturated carbocycles. The fourth-order valence-corrected chi connectivity index (χ4v) is 4.81. The van der Waals surface area contributed by atoms with E-state index in [1.165, 1.54) is 22.6 Å². The van der Waals surface area contributed by atoms with E-state index in [0.29, 0.717) is 0 Å².